The zero-order chi connectivity index (χ0) is 6.10. The first kappa shape index (κ1) is 5.72. The van der Waals surface area contributed by atoms with Gasteiger partial charge in [-0.25, -0.2) is 0 Å². The van der Waals surface area contributed by atoms with Gasteiger partial charge in [0.05, 0.1) is 12.6 Å². The quantitative estimate of drug-likeness (QED) is 0.487. The van der Waals surface area contributed by atoms with Gasteiger partial charge in [0.15, 0.2) is 0 Å². The smallest absolute Gasteiger partial charge is 0.0887 e. The van der Waals surface area contributed by atoms with Crippen LogP contribution < -0.4 is 5.32 Å². The standard InChI is InChI=1S/C8H15N/c1-3-7-4-2-6-9-8(7)5-1/h7-9H,1-6H2/p+1/t7-,8+/m0/s1. The number of hydrogen-bond acceptors (Lipinski definition) is 0. The van der Waals surface area contributed by atoms with Gasteiger partial charge in [-0.05, 0) is 32.1 Å². The first-order chi connectivity index (χ1) is 4.47. The van der Waals surface area contributed by atoms with Crippen molar-refractivity contribution in [2.75, 3.05) is 6.54 Å². The molecule has 1 heteroatoms. The van der Waals surface area contributed by atoms with E-state index < -0.39 is 0 Å². The van der Waals surface area contributed by atoms with Crippen LogP contribution >= 0.6 is 0 Å². The van der Waals surface area contributed by atoms with Crippen molar-refractivity contribution in [2.24, 2.45) is 5.92 Å². The molecule has 2 rings (SSSR count). The van der Waals surface area contributed by atoms with Crippen molar-refractivity contribution < 1.29 is 5.32 Å². The molecule has 1 nitrogen and oxygen atoms in total. The molecule has 52 valence electrons. The highest BCUT2D eigenvalue weighted by Gasteiger charge is 2.31. The summed E-state index contributed by atoms with van der Waals surface area (Å²) in [6.45, 7) is 1.40. The van der Waals surface area contributed by atoms with E-state index in [1.807, 2.05) is 0 Å². The second-order valence-electron chi connectivity index (χ2n) is 3.52. The Morgan fingerprint density at radius 2 is 1.89 bits per heavy atom. The Labute approximate surface area is 56.8 Å². The van der Waals surface area contributed by atoms with Crippen LogP contribution in [-0.4, -0.2) is 12.6 Å². The Morgan fingerprint density at radius 3 is 2.78 bits per heavy atom. The fourth-order valence-corrected chi connectivity index (χ4v) is 2.45. The van der Waals surface area contributed by atoms with E-state index in [1.165, 1.54) is 38.6 Å². The molecule has 2 atom stereocenters. The highest BCUT2D eigenvalue weighted by atomic mass is 14.9. The highest BCUT2D eigenvalue weighted by molar-refractivity contribution is 4.77. The summed E-state index contributed by atoms with van der Waals surface area (Å²) in [5.74, 6) is 1.11. The number of piperidine rings is 1. The van der Waals surface area contributed by atoms with E-state index in [0.29, 0.717) is 0 Å². The monoisotopic (exact) mass is 126 g/mol. The molecule has 1 heterocycles. The fraction of sp³-hybridized carbons (Fsp3) is 1.00. The second-order valence-corrected chi connectivity index (χ2v) is 3.52. The minimum Gasteiger partial charge on any atom is -0.344 e. The van der Waals surface area contributed by atoms with Crippen LogP contribution in [0, 0.1) is 5.92 Å². The molecule has 2 fully saturated rings. The summed E-state index contributed by atoms with van der Waals surface area (Å²) >= 11 is 0. The number of hydrogen-bond donors (Lipinski definition) is 1. The van der Waals surface area contributed by atoms with Crippen molar-refractivity contribution in [1.29, 1.82) is 0 Å². The maximum absolute atomic E-state index is 2.57. The van der Waals surface area contributed by atoms with E-state index in [9.17, 15) is 0 Å². The molecule has 1 aliphatic carbocycles. The molecule has 1 saturated heterocycles. The third-order valence-electron chi connectivity index (χ3n) is 2.97. The summed E-state index contributed by atoms with van der Waals surface area (Å²) in [4.78, 5) is 0. The Morgan fingerprint density at radius 1 is 1.00 bits per heavy atom. The molecular formula is C8H16N+. The number of nitrogens with two attached hydrogens (primary N) is 1. The molecule has 0 spiro atoms. The van der Waals surface area contributed by atoms with Crippen molar-refractivity contribution in [3.63, 3.8) is 0 Å². The predicted octanol–water partition coefficient (Wildman–Crippen LogP) is 0.512. The maximum atomic E-state index is 2.57. The average molecular weight is 126 g/mol. The van der Waals surface area contributed by atoms with Gasteiger partial charge in [0, 0.05) is 5.92 Å². The predicted molar refractivity (Wildman–Crippen MR) is 37.2 cm³/mol. The van der Waals surface area contributed by atoms with Crippen LogP contribution in [0.2, 0.25) is 0 Å². The SMILES string of the molecule is C1C[NH2+][C@@H]2CCC[C@H]2C1. The number of fused-ring (bicyclic) bond motifs is 1. The van der Waals surface area contributed by atoms with Crippen molar-refractivity contribution in [2.45, 2.75) is 38.1 Å². The molecule has 0 aromatic carbocycles. The summed E-state index contributed by atoms with van der Waals surface area (Å²) in [6.07, 6.45) is 7.54. The molecule has 0 aromatic heterocycles. The van der Waals surface area contributed by atoms with Crippen molar-refractivity contribution in [3.8, 4) is 0 Å². The van der Waals surface area contributed by atoms with Crippen molar-refractivity contribution in [3.05, 3.63) is 0 Å². The molecule has 0 aromatic rings. The van der Waals surface area contributed by atoms with Gasteiger partial charge in [-0.15, -0.1) is 0 Å². The van der Waals surface area contributed by atoms with Crippen LogP contribution in [0.3, 0.4) is 0 Å². The summed E-state index contributed by atoms with van der Waals surface area (Å²) in [5.41, 5.74) is 0. The van der Waals surface area contributed by atoms with Crippen LogP contribution in [0.4, 0.5) is 0 Å². The minimum absolute atomic E-state index is 1.04. The zero-order valence-electron chi connectivity index (χ0n) is 5.97. The van der Waals surface area contributed by atoms with Crippen molar-refractivity contribution in [1.82, 2.24) is 0 Å². The van der Waals surface area contributed by atoms with Crippen LogP contribution in [-0.2, 0) is 0 Å². The Hall–Kier alpha value is -0.0400. The Bertz CT molecular complexity index is 88.7. The van der Waals surface area contributed by atoms with Gasteiger partial charge >= 0.3 is 0 Å². The first-order valence-corrected chi connectivity index (χ1v) is 4.30. The van der Waals surface area contributed by atoms with Crippen LogP contribution in [0.1, 0.15) is 32.1 Å². The lowest BCUT2D eigenvalue weighted by Crippen LogP contribution is -2.92. The van der Waals surface area contributed by atoms with Crippen LogP contribution in [0.15, 0.2) is 0 Å². The number of quaternary nitrogens is 1. The molecule has 1 aliphatic heterocycles. The molecule has 2 N–H and O–H groups in total. The fourth-order valence-electron chi connectivity index (χ4n) is 2.45. The topological polar surface area (TPSA) is 16.6 Å². The van der Waals surface area contributed by atoms with E-state index >= 15 is 0 Å². The van der Waals surface area contributed by atoms with Gasteiger partial charge in [0.1, 0.15) is 0 Å². The molecule has 0 radical (unpaired) electrons. The second kappa shape index (κ2) is 2.30. The number of rotatable bonds is 0. The molecule has 1 saturated carbocycles. The molecule has 2 aliphatic rings. The lowest BCUT2D eigenvalue weighted by atomic mass is 9.94. The maximum Gasteiger partial charge on any atom is 0.0887 e. The van der Waals surface area contributed by atoms with Gasteiger partial charge < -0.3 is 5.32 Å². The first-order valence-electron chi connectivity index (χ1n) is 4.30. The zero-order valence-corrected chi connectivity index (χ0v) is 5.97. The minimum atomic E-state index is 1.04. The van der Waals surface area contributed by atoms with Gasteiger partial charge in [0.2, 0.25) is 0 Å². The van der Waals surface area contributed by atoms with Gasteiger partial charge in [0.25, 0.3) is 0 Å². The molecule has 0 amide bonds. The highest BCUT2D eigenvalue weighted by Crippen LogP contribution is 2.28. The molecule has 0 bridgehead atoms. The Balaban J connectivity index is 1.97. The largest absolute Gasteiger partial charge is 0.344 e. The lowest BCUT2D eigenvalue weighted by molar-refractivity contribution is -0.702. The summed E-state index contributed by atoms with van der Waals surface area (Å²) < 4.78 is 0. The van der Waals surface area contributed by atoms with E-state index in [1.54, 1.807) is 0 Å². The van der Waals surface area contributed by atoms with Crippen LogP contribution in [0.25, 0.3) is 0 Å². The van der Waals surface area contributed by atoms with E-state index in [0.717, 1.165) is 12.0 Å². The van der Waals surface area contributed by atoms with Crippen molar-refractivity contribution >= 4 is 0 Å². The van der Waals surface area contributed by atoms with Gasteiger partial charge in [-0.3, -0.25) is 0 Å². The normalized spacial score (nSPS) is 42.7. The van der Waals surface area contributed by atoms with Gasteiger partial charge in [-0.1, -0.05) is 0 Å². The molecular weight excluding hydrogens is 110 g/mol. The van der Waals surface area contributed by atoms with E-state index in [4.69, 9.17) is 0 Å². The summed E-state index contributed by atoms with van der Waals surface area (Å²) in [7, 11) is 0. The summed E-state index contributed by atoms with van der Waals surface area (Å²) in [5, 5.41) is 2.57. The molecule has 9 heavy (non-hydrogen) atoms. The summed E-state index contributed by atoms with van der Waals surface area (Å²) in [6, 6.07) is 1.04. The average Bonchev–Trinajstić information content (AvgIpc) is 2.33. The Kier molecular flexibility index (Phi) is 1.46. The third-order valence-corrected chi connectivity index (χ3v) is 2.97. The lowest BCUT2D eigenvalue weighted by Gasteiger charge is -2.22. The van der Waals surface area contributed by atoms with Gasteiger partial charge in [-0.2, -0.15) is 0 Å². The molecule has 0 unspecified atom stereocenters. The van der Waals surface area contributed by atoms with E-state index in [2.05, 4.69) is 5.32 Å². The van der Waals surface area contributed by atoms with Crippen LogP contribution in [0.5, 0.6) is 0 Å². The third kappa shape index (κ3) is 0.983. The van der Waals surface area contributed by atoms with E-state index in [-0.39, 0.29) is 0 Å².